The van der Waals surface area contributed by atoms with Gasteiger partial charge in [0.2, 0.25) is 12.0 Å². The van der Waals surface area contributed by atoms with Gasteiger partial charge in [-0.05, 0) is 31.2 Å². The third-order valence-electron chi connectivity index (χ3n) is 7.07. The Bertz CT molecular complexity index is 1440. The van der Waals surface area contributed by atoms with E-state index in [1.807, 2.05) is 0 Å². The first-order valence-electron chi connectivity index (χ1n) is 12.7. The Kier molecular flexibility index (Phi) is 8.09. The van der Waals surface area contributed by atoms with Crippen LogP contribution in [0.3, 0.4) is 0 Å². The number of fused-ring (bicyclic) bond motifs is 1. The van der Waals surface area contributed by atoms with E-state index >= 15 is 0 Å². The van der Waals surface area contributed by atoms with E-state index in [-0.39, 0.29) is 40.6 Å². The van der Waals surface area contributed by atoms with E-state index in [2.05, 4.69) is 0 Å². The third-order valence-corrected chi connectivity index (χ3v) is 7.07. The Balaban J connectivity index is 1.36. The summed E-state index contributed by atoms with van der Waals surface area (Å²) in [6.07, 6.45) is -13.1. The minimum absolute atomic E-state index is 0.0289. The summed E-state index contributed by atoms with van der Waals surface area (Å²) in [6.45, 7) is 1.08. The summed E-state index contributed by atoms with van der Waals surface area (Å²) < 4.78 is 33.2. The molecule has 0 bridgehead atoms. The quantitative estimate of drug-likeness (QED) is 0.197. The Morgan fingerprint density at radius 1 is 0.878 bits per heavy atom. The van der Waals surface area contributed by atoms with Crippen LogP contribution in [-0.2, 0) is 14.2 Å². The second-order valence-electron chi connectivity index (χ2n) is 9.81. The molecule has 0 aliphatic carbocycles. The Labute approximate surface area is 232 Å². The number of rotatable bonds is 6. The molecule has 3 aromatic rings. The van der Waals surface area contributed by atoms with Crippen molar-refractivity contribution in [3.63, 3.8) is 0 Å². The molecule has 14 nitrogen and oxygen atoms in total. The lowest BCUT2D eigenvalue weighted by Gasteiger charge is -2.43. The van der Waals surface area contributed by atoms with Crippen molar-refractivity contribution in [2.24, 2.45) is 0 Å². The van der Waals surface area contributed by atoms with Crippen LogP contribution >= 0.6 is 0 Å². The van der Waals surface area contributed by atoms with Crippen LogP contribution in [0.15, 0.2) is 45.6 Å². The van der Waals surface area contributed by atoms with E-state index in [1.165, 1.54) is 32.2 Å². The van der Waals surface area contributed by atoms with Gasteiger partial charge in [0.1, 0.15) is 59.1 Å². The fourth-order valence-electron chi connectivity index (χ4n) is 4.70. The van der Waals surface area contributed by atoms with Gasteiger partial charge < -0.3 is 63.8 Å². The minimum Gasteiger partial charge on any atom is -0.508 e. The molecule has 5 rings (SSSR count). The zero-order valence-corrected chi connectivity index (χ0v) is 21.9. The zero-order valence-electron chi connectivity index (χ0n) is 21.9. The lowest BCUT2D eigenvalue weighted by atomic mass is 9.99. The zero-order chi connectivity index (χ0) is 29.6. The second kappa shape index (κ2) is 11.4. The maximum Gasteiger partial charge on any atom is 0.229 e. The van der Waals surface area contributed by atoms with Gasteiger partial charge in [-0.2, -0.15) is 0 Å². The van der Waals surface area contributed by atoms with Crippen LogP contribution < -0.4 is 14.9 Å². The van der Waals surface area contributed by atoms with Crippen molar-refractivity contribution in [1.29, 1.82) is 0 Å². The molecule has 222 valence electrons. The van der Waals surface area contributed by atoms with E-state index < -0.39 is 66.5 Å². The number of methoxy groups -OCH3 is 1. The van der Waals surface area contributed by atoms with Crippen LogP contribution in [-0.4, -0.2) is 105 Å². The molecule has 0 unspecified atom stereocenters. The Hall–Kier alpha value is -3.47. The van der Waals surface area contributed by atoms with Gasteiger partial charge in [-0.3, -0.25) is 4.79 Å². The highest BCUT2D eigenvalue weighted by Gasteiger charge is 2.47. The summed E-state index contributed by atoms with van der Waals surface area (Å²) in [4.78, 5) is 13.0. The summed E-state index contributed by atoms with van der Waals surface area (Å²) in [6, 6.07) is 8.40. The highest BCUT2D eigenvalue weighted by molar-refractivity contribution is 5.89. The highest BCUT2D eigenvalue weighted by Crippen LogP contribution is 2.43. The van der Waals surface area contributed by atoms with E-state index in [1.54, 1.807) is 12.1 Å². The first kappa shape index (κ1) is 29.0. The van der Waals surface area contributed by atoms with Crippen molar-refractivity contribution in [2.45, 2.75) is 62.2 Å². The molecule has 0 radical (unpaired) electrons. The van der Waals surface area contributed by atoms with E-state index in [0.29, 0.717) is 5.56 Å². The van der Waals surface area contributed by atoms with Gasteiger partial charge >= 0.3 is 0 Å². The van der Waals surface area contributed by atoms with Gasteiger partial charge in [-0.25, -0.2) is 0 Å². The van der Waals surface area contributed by atoms with Gasteiger partial charge in [0.05, 0.1) is 19.8 Å². The van der Waals surface area contributed by atoms with E-state index in [4.69, 9.17) is 28.1 Å². The summed E-state index contributed by atoms with van der Waals surface area (Å²) in [5, 5.41) is 71.7. The first-order chi connectivity index (χ1) is 19.5. The molecule has 0 amide bonds. The molecule has 2 saturated heterocycles. The van der Waals surface area contributed by atoms with Crippen molar-refractivity contribution < 1.29 is 63.8 Å². The van der Waals surface area contributed by atoms with Gasteiger partial charge in [0.15, 0.2) is 23.2 Å². The number of aliphatic hydroxyl groups excluding tert-OH is 5. The van der Waals surface area contributed by atoms with E-state index in [0.717, 1.165) is 6.07 Å². The van der Waals surface area contributed by atoms with Gasteiger partial charge in [0.25, 0.3) is 0 Å². The van der Waals surface area contributed by atoms with Crippen molar-refractivity contribution in [3.05, 3.63) is 46.6 Å². The average molecular weight is 579 g/mol. The monoisotopic (exact) mass is 578 g/mol. The molecule has 0 saturated carbocycles. The van der Waals surface area contributed by atoms with Crippen molar-refractivity contribution in [1.82, 2.24) is 0 Å². The van der Waals surface area contributed by atoms with Gasteiger partial charge in [-0.1, -0.05) is 0 Å². The van der Waals surface area contributed by atoms with Crippen LogP contribution in [0.1, 0.15) is 6.92 Å². The fourth-order valence-corrected chi connectivity index (χ4v) is 4.70. The Morgan fingerprint density at radius 3 is 2.24 bits per heavy atom. The normalized spacial score (nSPS) is 32.1. The average Bonchev–Trinajstić information content (AvgIpc) is 2.95. The Morgan fingerprint density at radius 2 is 1.56 bits per heavy atom. The topological polar surface area (TPSA) is 218 Å². The van der Waals surface area contributed by atoms with Crippen molar-refractivity contribution in [3.8, 4) is 34.3 Å². The number of hydrogen-bond donors (Lipinski definition) is 7. The van der Waals surface area contributed by atoms with E-state index in [9.17, 15) is 40.5 Å². The molecule has 1 aromatic heterocycles. The molecule has 3 heterocycles. The molecule has 9 atom stereocenters. The molecular weight excluding hydrogens is 548 g/mol. The molecule has 14 heteroatoms. The van der Waals surface area contributed by atoms with Crippen LogP contribution in [0.2, 0.25) is 0 Å². The predicted molar refractivity (Wildman–Crippen MR) is 137 cm³/mol. The van der Waals surface area contributed by atoms with Gasteiger partial charge in [0, 0.05) is 17.7 Å². The highest BCUT2D eigenvalue weighted by atomic mass is 16.7. The van der Waals surface area contributed by atoms with Crippen molar-refractivity contribution >= 4 is 11.0 Å². The number of phenols is 2. The standard InChI is InChI=1S/C27H30O14/c1-10-19(30)22(33)24(35)27(38-10)40-17-9-37-26(23(34)20(17)31)41-25-16(36-2)8-15-18(21(25)32)13(29)7-14(39-15)11-3-5-12(28)6-4-11/h3-8,10,17,19-20,22-24,26-28,30-35H,9H2,1-2H3/t10-,17+,19-,20-,22+,23+,24+,26-,27+/m0/s1. The predicted octanol–water partition coefficient (Wildman–Crippen LogP) is -0.451. The molecule has 2 aliphatic rings. The number of benzene rings is 2. The van der Waals surface area contributed by atoms with Crippen LogP contribution in [0, 0.1) is 0 Å². The molecule has 0 spiro atoms. The minimum atomic E-state index is -1.75. The number of phenolic OH excluding ortho intramolecular Hbond substituents is 2. The summed E-state index contributed by atoms with van der Waals surface area (Å²) in [5.74, 6) is -0.904. The molecule has 41 heavy (non-hydrogen) atoms. The third kappa shape index (κ3) is 5.43. The largest absolute Gasteiger partial charge is 0.508 e. The molecule has 7 N–H and O–H groups in total. The van der Waals surface area contributed by atoms with Crippen LogP contribution in [0.25, 0.3) is 22.3 Å². The molecule has 2 aliphatic heterocycles. The number of aromatic hydroxyl groups is 2. The lowest BCUT2D eigenvalue weighted by Crippen LogP contribution is -2.61. The van der Waals surface area contributed by atoms with Crippen LogP contribution in [0.4, 0.5) is 0 Å². The number of hydrogen-bond acceptors (Lipinski definition) is 14. The SMILES string of the molecule is COc1cc2oc(-c3ccc(O)cc3)cc(=O)c2c(O)c1O[C@@H]1OC[C@@H](O[C@H]2O[C@@H](C)[C@H](O)[C@@H](O)[C@H]2O)[C@H](O)[C@H]1O. The summed E-state index contributed by atoms with van der Waals surface area (Å²) >= 11 is 0. The second-order valence-corrected chi connectivity index (χ2v) is 9.81. The maximum absolute atomic E-state index is 13.0. The number of aliphatic hydroxyl groups is 5. The molecule has 2 fully saturated rings. The smallest absolute Gasteiger partial charge is 0.229 e. The summed E-state index contributed by atoms with van der Waals surface area (Å²) in [5.41, 5.74) is -0.157. The van der Waals surface area contributed by atoms with Crippen molar-refractivity contribution in [2.75, 3.05) is 13.7 Å². The first-order valence-corrected chi connectivity index (χ1v) is 12.7. The maximum atomic E-state index is 13.0. The lowest BCUT2D eigenvalue weighted by molar-refractivity contribution is -0.333. The fraction of sp³-hybridized carbons (Fsp3) is 0.444. The van der Waals surface area contributed by atoms with Gasteiger partial charge in [-0.15, -0.1) is 0 Å². The summed E-state index contributed by atoms with van der Waals surface area (Å²) in [7, 11) is 1.27. The number of ether oxygens (including phenoxy) is 5. The molecular formula is C27H30O14. The van der Waals surface area contributed by atoms with Crippen LogP contribution in [0.5, 0.6) is 23.0 Å². The molecule has 2 aromatic carbocycles.